The maximum absolute atomic E-state index is 5.25. The molecule has 0 radical (unpaired) electrons. The molecule has 3 rings (SSSR count). The Bertz CT molecular complexity index is 597. The molecule has 4 heteroatoms. The molecule has 1 aliphatic rings. The number of methoxy groups -OCH3 is 1. The lowest BCUT2D eigenvalue weighted by Gasteiger charge is -2.29. The van der Waals surface area contributed by atoms with Gasteiger partial charge < -0.3 is 9.64 Å². The quantitative estimate of drug-likeness (QED) is 0.868. The molecule has 0 aliphatic carbocycles. The van der Waals surface area contributed by atoms with Gasteiger partial charge in [-0.3, -0.25) is 9.97 Å². The molecule has 0 saturated carbocycles. The Morgan fingerprint density at radius 2 is 2.14 bits per heavy atom. The first-order chi connectivity index (χ1) is 10.3. The molecule has 0 bridgehead atoms. The Morgan fingerprint density at radius 3 is 2.86 bits per heavy atom. The first-order valence-corrected chi connectivity index (χ1v) is 7.41. The number of ether oxygens (including phenoxy) is 1. The largest absolute Gasteiger partial charge is 0.497 e. The molecule has 1 aromatic heterocycles. The summed E-state index contributed by atoms with van der Waals surface area (Å²) in [4.78, 5) is 11.6. The molecule has 4 nitrogen and oxygen atoms in total. The topological polar surface area (TPSA) is 38.2 Å². The summed E-state index contributed by atoms with van der Waals surface area (Å²) in [6.45, 7) is 2.26. The van der Waals surface area contributed by atoms with Crippen molar-refractivity contribution in [3.63, 3.8) is 0 Å². The molecular formula is C17H21N3O. The minimum absolute atomic E-state index is 0.510. The summed E-state index contributed by atoms with van der Waals surface area (Å²) in [6, 6.07) is 7.92. The highest BCUT2D eigenvalue weighted by Gasteiger charge is 2.20. The molecule has 0 N–H and O–H groups in total. The zero-order chi connectivity index (χ0) is 14.7. The third-order valence-corrected chi connectivity index (χ3v) is 4.08. The summed E-state index contributed by atoms with van der Waals surface area (Å²) < 4.78 is 5.25. The van der Waals surface area contributed by atoms with Gasteiger partial charge in [-0.25, -0.2) is 0 Å². The molecular weight excluding hydrogens is 262 g/mol. The Balaban J connectivity index is 1.80. The third kappa shape index (κ3) is 3.22. The number of hydrogen-bond acceptors (Lipinski definition) is 4. The molecule has 0 spiro atoms. The minimum Gasteiger partial charge on any atom is -0.497 e. The smallest absolute Gasteiger partial charge is 0.119 e. The standard InChI is InChI=1S/C17H21N3O/c1-20-8-4-6-14(12-20)17-11-18-16(10-19-17)13-5-3-7-15(9-13)21-2/h3,5,7,9-11,14H,4,6,8,12H2,1-2H3. The molecule has 2 aromatic rings. The number of aromatic nitrogens is 2. The zero-order valence-corrected chi connectivity index (χ0v) is 12.6. The number of hydrogen-bond donors (Lipinski definition) is 0. The van der Waals surface area contributed by atoms with Crippen LogP contribution in [-0.4, -0.2) is 42.1 Å². The van der Waals surface area contributed by atoms with Crippen molar-refractivity contribution in [2.45, 2.75) is 18.8 Å². The highest BCUT2D eigenvalue weighted by Crippen LogP contribution is 2.26. The van der Waals surface area contributed by atoms with E-state index in [2.05, 4.69) is 21.9 Å². The monoisotopic (exact) mass is 283 g/mol. The summed E-state index contributed by atoms with van der Waals surface area (Å²) in [5.74, 6) is 1.35. The van der Waals surface area contributed by atoms with Gasteiger partial charge in [0.1, 0.15) is 5.75 Å². The maximum Gasteiger partial charge on any atom is 0.119 e. The number of nitrogens with zero attached hydrogens (tertiary/aromatic N) is 3. The summed E-state index contributed by atoms with van der Waals surface area (Å²) in [6.07, 6.45) is 6.25. The molecule has 1 aromatic carbocycles. The summed E-state index contributed by atoms with van der Waals surface area (Å²) >= 11 is 0. The number of likely N-dealkylation sites (tertiary alicyclic amines) is 1. The highest BCUT2D eigenvalue weighted by molar-refractivity contribution is 5.60. The van der Waals surface area contributed by atoms with E-state index < -0.39 is 0 Å². The summed E-state index contributed by atoms with van der Waals surface area (Å²) in [5, 5.41) is 0. The van der Waals surface area contributed by atoms with Gasteiger partial charge in [-0.15, -0.1) is 0 Å². The molecule has 0 amide bonds. The van der Waals surface area contributed by atoms with E-state index in [1.165, 1.54) is 19.4 Å². The van der Waals surface area contributed by atoms with Crippen LogP contribution in [0.25, 0.3) is 11.3 Å². The van der Waals surface area contributed by atoms with Gasteiger partial charge in [0.2, 0.25) is 0 Å². The molecule has 21 heavy (non-hydrogen) atoms. The van der Waals surface area contributed by atoms with E-state index >= 15 is 0 Å². The van der Waals surface area contributed by atoms with E-state index in [-0.39, 0.29) is 0 Å². The summed E-state index contributed by atoms with van der Waals surface area (Å²) in [5.41, 5.74) is 3.03. The van der Waals surface area contributed by atoms with Crippen LogP contribution >= 0.6 is 0 Å². The normalized spacial score (nSPS) is 19.4. The Labute approximate surface area is 125 Å². The van der Waals surface area contributed by atoms with Gasteiger partial charge in [0, 0.05) is 24.2 Å². The van der Waals surface area contributed by atoms with Crippen molar-refractivity contribution < 1.29 is 4.74 Å². The van der Waals surface area contributed by atoms with Gasteiger partial charge in [-0.2, -0.15) is 0 Å². The lowest BCUT2D eigenvalue weighted by atomic mass is 9.95. The molecule has 2 heterocycles. The van der Waals surface area contributed by atoms with Crippen LogP contribution in [0.1, 0.15) is 24.5 Å². The van der Waals surface area contributed by atoms with E-state index in [1.807, 2.05) is 36.7 Å². The number of rotatable bonds is 3. The van der Waals surface area contributed by atoms with Crippen LogP contribution in [0.2, 0.25) is 0 Å². The van der Waals surface area contributed by atoms with Gasteiger partial charge in [-0.05, 0) is 38.6 Å². The zero-order valence-electron chi connectivity index (χ0n) is 12.6. The maximum atomic E-state index is 5.25. The minimum atomic E-state index is 0.510. The number of piperidine rings is 1. The molecule has 1 unspecified atom stereocenters. The van der Waals surface area contributed by atoms with E-state index in [0.29, 0.717) is 5.92 Å². The fourth-order valence-corrected chi connectivity index (χ4v) is 2.89. The SMILES string of the molecule is COc1cccc(-c2cnc(C3CCCN(C)C3)cn2)c1. The second-order valence-electron chi connectivity index (χ2n) is 5.66. The molecule has 1 saturated heterocycles. The van der Waals surface area contributed by atoms with Crippen LogP contribution in [0.15, 0.2) is 36.7 Å². The van der Waals surface area contributed by atoms with Crippen molar-refractivity contribution >= 4 is 0 Å². The Kier molecular flexibility index (Phi) is 4.15. The molecule has 1 fully saturated rings. The van der Waals surface area contributed by atoms with Crippen molar-refractivity contribution in [1.82, 2.24) is 14.9 Å². The highest BCUT2D eigenvalue weighted by atomic mass is 16.5. The van der Waals surface area contributed by atoms with Crippen LogP contribution in [0.4, 0.5) is 0 Å². The van der Waals surface area contributed by atoms with Crippen molar-refractivity contribution in [1.29, 1.82) is 0 Å². The predicted octanol–water partition coefficient (Wildman–Crippen LogP) is 2.96. The van der Waals surface area contributed by atoms with E-state index in [1.54, 1.807) is 7.11 Å². The van der Waals surface area contributed by atoms with Crippen molar-refractivity contribution in [2.75, 3.05) is 27.2 Å². The van der Waals surface area contributed by atoms with Crippen LogP contribution < -0.4 is 4.74 Å². The van der Waals surface area contributed by atoms with Crippen molar-refractivity contribution in [2.24, 2.45) is 0 Å². The molecule has 110 valence electrons. The lowest BCUT2D eigenvalue weighted by molar-refractivity contribution is 0.248. The number of benzene rings is 1. The third-order valence-electron chi connectivity index (χ3n) is 4.08. The van der Waals surface area contributed by atoms with E-state index in [4.69, 9.17) is 4.74 Å². The first kappa shape index (κ1) is 14.0. The van der Waals surface area contributed by atoms with Crippen LogP contribution in [0.3, 0.4) is 0 Å². The first-order valence-electron chi connectivity index (χ1n) is 7.41. The Hall–Kier alpha value is -1.94. The van der Waals surface area contributed by atoms with Gasteiger partial charge in [0.15, 0.2) is 0 Å². The second-order valence-corrected chi connectivity index (χ2v) is 5.66. The van der Waals surface area contributed by atoms with Gasteiger partial charge in [-0.1, -0.05) is 12.1 Å². The van der Waals surface area contributed by atoms with Crippen LogP contribution in [-0.2, 0) is 0 Å². The predicted molar refractivity (Wildman–Crippen MR) is 83.5 cm³/mol. The lowest BCUT2D eigenvalue weighted by Crippen LogP contribution is -2.31. The second kappa shape index (κ2) is 6.22. The van der Waals surface area contributed by atoms with Crippen molar-refractivity contribution in [3.8, 4) is 17.0 Å². The van der Waals surface area contributed by atoms with Crippen molar-refractivity contribution in [3.05, 3.63) is 42.4 Å². The fourth-order valence-electron chi connectivity index (χ4n) is 2.89. The van der Waals surface area contributed by atoms with E-state index in [0.717, 1.165) is 29.2 Å². The fraction of sp³-hybridized carbons (Fsp3) is 0.412. The van der Waals surface area contributed by atoms with E-state index in [9.17, 15) is 0 Å². The summed E-state index contributed by atoms with van der Waals surface area (Å²) in [7, 11) is 3.84. The van der Waals surface area contributed by atoms with Gasteiger partial charge in [0.25, 0.3) is 0 Å². The Morgan fingerprint density at radius 1 is 1.24 bits per heavy atom. The average Bonchev–Trinajstić information content (AvgIpc) is 2.55. The van der Waals surface area contributed by atoms with Crippen LogP contribution in [0.5, 0.6) is 5.75 Å². The van der Waals surface area contributed by atoms with Gasteiger partial charge in [0.05, 0.1) is 24.7 Å². The van der Waals surface area contributed by atoms with Crippen LogP contribution in [0, 0.1) is 0 Å². The average molecular weight is 283 g/mol. The van der Waals surface area contributed by atoms with Gasteiger partial charge >= 0.3 is 0 Å². The molecule has 1 atom stereocenters. The molecule has 1 aliphatic heterocycles. The number of likely N-dealkylation sites (N-methyl/N-ethyl adjacent to an activating group) is 1.